The van der Waals surface area contributed by atoms with E-state index in [4.69, 9.17) is 5.53 Å². The monoisotopic (exact) mass is 234 g/mol. The van der Waals surface area contributed by atoms with E-state index in [1.807, 2.05) is 30.3 Å². The van der Waals surface area contributed by atoms with Gasteiger partial charge in [-0.05, 0) is 11.1 Å². The number of esters is 1. The molecular weight excluding hydrogens is 220 g/mol. The first-order chi connectivity index (χ1) is 8.27. The van der Waals surface area contributed by atoms with Crippen LogP contribution in [0.15, 0.2) is 35.4 Å². The third kappa shape index (κ3) is 4.55. The Hall–Kier alpha value is -2.04. The molecule has 0 fully saturated rings. The fourth-order valence-corrected chi connectivity index (χ4v) is 1.32. The van der Waals surface area contributed by atoms with Crippen molar-refractivity contribution >= 4 is 5.97 Å². The Morgan fingerprint density at radius 2 is 2.24 bits per heavy atom. The largest absolute Gasteiger partial charge is 0.468 e. The van der Waals surface area contributed by atoms with E-state index >= 15 is 0 Å². The molecule has 0 aromatic heterocycles. The van der Waals surface area contributed by atoms with Gasteiger partial charge in [-0.3, -0.25) is 4.79 Å². The van der Waals surface area contributed by atoms with Crippen molar-refractivity contribution < 1.29 is 9.53 Å². The van der Waals surface area contributed by atoms with Crippen molar-refractivity contribution in [2.24, 2.45) is 5.11 Å². The Bertz CT molecular complexity index is 401. The highest BCUT2D eigenvalue weighted by atomic mass is 16.5. The van der Waals surface area contributed by atoms with E-state index in [0.717, 1.165) is 5.56 Å². The summed E-state index contributed by atoms with van der Waals surface area (Å²) in [6, 6.07) is 9.01. The van der Waals surface area contributed by atoms with Crippen LogP contribution in [-0.2, 0) is 16.1 Å². The van der Waals surface area contributed by atoms with Crippen molar-refractivity contribution in [1.29, 1.82) is 0 Å². The standard InChI is InChI=1S/C11H14N4O2/c1-17-11(16)10(8-14-15-12)13-7-9-5-3-2-4-6-9/h2-6,10,13H,7-8H2,1H3/t10-/m0/s1. The van der Waals surface area contributed by atoms with E-state index in [1.54, 1.807) is 0 Å². The first kappa shape index (κ1) is 13.0. The molecule has 90 valence electrons. The predicted octanol–water partition coefficient (Wildman–Crippen LogP) is 1.63. The van der Waals surface area contributed by atoms with Crippen LogP contribution in [0.2, 0.25) is 0 Å². The van der Waals surface area contributed by atoms with Crippen molar-refractivity contribution in [3.05, 3.63) is 46.3 Å². The smallest absolute Gasteiger partial charge is 0.323 e. The first-order valence-electron chi connectivity index (χ1n) is 5.14. The number of carbonyl (C=O) groups is 1. The van der Waals surface area contributed by atoms with E-state index in [-0.39, 0.29) is 6.54 Å². The molecule has 0 bridgehead atoms. The van der Waals surface area contributed by atoms with Crippen LogP contribution in [0.1, 0.15) is 5.56 Å². The van der Waals surface area contributed by atoms with Gasteiger partial charge in [0.25, 0.3) is 0 Å². The van der Waals surface area contributed by atoms with Gasteiger partial charge in [0.2, 0.25) is 0 Å². The number of benzene rings is 1. The van der Waals surface area contributed by atoms with Gasteiger partial charge in [-0.1, -0.05) is 35.4 Å². The van der Waals surface area contributed by atoms with Crippen molar-refractivity contribution in [3.8, 4) is 0 Å². The second-order valence-electron chi connectivity index (χ2n) is 3.36. The SMILES string of the molecule is COC(=O)[C@H](CN=[N+]=[N-])NCc1ccccc1. The number of nitrogens with zero attached hydrogens (tertiary/aromatic N) is 3. The van der Waals surface area contributed by atoms with Gasteiger partial charge in [-0.25, -0.2) is 0 Å². The lowest BCUT2D eigenvalue weighted by Crippen LogP contribution is -2.39. The van der Waals surface area contributed by atoms with E-state index < -0.39 is 12.0 Å². The summed E-state index contributed by atoms with van der Waals surface area (Å²) in [4.78, 5) is 14.0. The molecule has 0 amide bonds. The van der Waals surface area contributed by atoms with Gasteiger partial charge in [0.1, 0.15) is 6.04 Å². The maximum absolute atomic E-state index is 11.4. The van der Waals surface area contributed by atoms with Crippen LogP contribution >= 0.6 is 0 Å². The summed E-state index contributed by atoms with van der Waals surface area (Å²) in [5, 5.41) is 6.35. The number of hydrogen-bond donors (Lipinski definition) is 1. The van der Waals surface area contributed by atoms with Gasteiger partial charge >= 0.3 is 5.97 Å². The molecule has 6 nitrogen and oxygen atoms in total. The molecule has 0 spiro atoms. The molecule has 0 saturated carbocycles. The molecule has 1 aromatic carbocycles. The summed E-state index contributed by atoms with van der Waals surface area (Å²) in [5.74, 6) is -0.437. The van der Waals surface area contributed by atoms with Crippen LogP contribution in [0, 0.1) is 0 Å². The number of rotatable bonds is 6. The van der Waals surface area contributed by atoms with Crippen molar-refractivity contribution in [1.82, 2.24) is 5.32 Å². The number of carbonyl (C=O) groups excluding carboxylic acids is 1. The van der Waals surface area contributed by atoms with Crippen LogP contribution in [-0.4, -0.2) is 25.7 Å². The summed E-state index contributed by atoms with van der Waals surface area (Å²) in [5.41, 5.74) is 9.28. The molecule has 0 radical (unpaired) electrons. The molecule has 0 aliphatic rings. The molecule has 6 heteroatoms. The first-order valence-corrected chi connectivity index (χ1v) is 5.14. The van der Waals surface area contributed by atoms with Crippen LogP contribution in [0.5, 0.6) is 0 Å². The van der Waals surface area contributed by atoms with E-state index in [2.05, 4.69) is 20.1 Å². The predicted molar refractivity (Wildman–Crippen MR) is 63.1 cm³/mol. The van der Waals surface area contributed by atoms with Crippen molar-refractivity contribution in [3.63, 3.8) is 0 Å². The molecule has 17 heavy (non-hydrogen) atoms. The van der Waals surface area contributed by atoms with Gasteiger partial charge in [-0.15, -0.1) is 0 Å². The molecule has 0 unspecified atom stereocenters. The Balaban J connectivity index is 2.54. The molecule has 0 aliphatic carbocycles. The number of ether oxygens (including phenoxy) is 1. The molecule has 1 N–H and O–H groups in total. The average molecular weight is 234 g/mol. The lowest BCUT2D eigenvalue weighted by atomic mass is 10.2. The van der Waals surface area contributed by atoms with Gasteiger partial charge in [0, 0.05) is 11.5 Å². The van der Waals surface area contributed by atoms with Crippen molar-refractivity contribution in [2.75, 3.05) is 13.7 Å². The molecule has 1 rings (SSSR count). The number of hydrogen-bond acceptors (Lipinski definition) is 4. The van der Waals surface area contributed by atoms with Crippen LogP contribution in [0.4, 0.5) is 0 Å². The molecule has 0 heterocycles. The van der Waals surface area contributed by atoms with Crippen LogP contribution in [0.3, 0.4) is 0 Å². The van der Waals surface area contributed by atoms with E-state index in [1.165, 1.54) is 7.11 Å². The maximum Gasteiger partial charge on any atom is 0.323 e. The molecule has 0 aliphatic heterocycles. The second-order valence-corrected chi connectivity index (χ2v) is 3.36. The summed E-state index contributed by atoms with van der Waals surface area (Å²) < 4.78 is 4.61. The second kappa shape index (κ2) is 7.27. The maximum atomic E-state index is 11.4. The quantitative estimate of drug-likeness (QED) is 0.351. The number of nitrogens with one attached hydrogen (secondary N) is 1. The summed E-state index contributed by atoms with van der Waals surface area (Å²) in [7, 11) is 1.30. The molecular formula is C11H14N4O2. The van der Waals surface area contributed by atoms with Gasteiger partial charge in [-0.2, -0.15) is 0 Å². The fraction of sp³-hybridized carbons (Fsp3) is 0.364. The summed E-state index contributed by atoms with van der Waals surface area (Å²) in [6.45, 7) is 0.553. The highest BCUT2D eigenvalue weighted by molar-refractivity contribution is 5.75. The zero-order valence-electron chi connectivity index (χ0n) is 9.54. The van der Waals surface area contributed by atoms with Gasteiger partial charge in [0.05, 0.1) is 13.7 Å². The Kier molecular flexibility index (Phi) is 5.57. The number of methoxy groups -OCH3 is 1. The Labute approximate surface area is 99.2 Å². The normalized spacial score (nSPS) is 11.4. The minimum atomic E-state index is -0.615. The molecule has 1 atom stereocenters. The Morgan fingerprint density at radius 1 is 1.53 bits per heavy atom. The third-order valence-corrected chi connectivity index (χ3v) is 2.21. The number of azide groups is 1. The molecule has 0 saturated heterocycles. The molecule has 1 aromatic rings. The zero-order valence-corrected chi connectivity index (χ0v) is 9.54. The Morgan fingerprint density at radius 3 is 2.82 bits per heavy atom. The van der Waals surface area contributed by atoms with E-state index in [9.17, 15) is 4.79 Å². The summed E-state index contributed by atoms with van der Waals surface area (Å²) >= 11 is 0. The minimum Gasteiger partial charge on any atom is -0.468 e. The van der Waals surface area contributed by atoms with Crippen LogP contribution in [0.25, 0.3) is 10.4 Å². The van der Waals surface area contributed by atoms with E-state index in [0.29, 0.717) is 6.54 Å². The fourth-order valence-electron chi connectivity index (χ4n) is 1.32. The zero-order chi connectivity index (χ0) is 12.5. The van der Waals surface area contributed by atoms with Gasteiger partial charge in [0.15, 0.2) is 0 Å². The summed E-state index contributed by atoms with van der Waals surface area (Å²) in [6.07, 6.45) is 0. The van der Waals surface area contributed by atoms with Crippen LogP contribution < -0.4 is 5.32 Å². The minimum absolute atomic E-state index is 0.0377. The highest BCUT2D eigenvalue weighted by Crippen LogP contribution is 1.99. The van der Waals surface area contributed by atoms with Gasteiger partial charge < -0.3 is 10.1 Å². The topological polar surface area (TPSA) is 87.1 Å². The van der Waals surface area contributed by atoms with Crippen molar-refractivity contribution in [2.45, 2.75) is 12.6 Å². The highest BCUT2D eigenvalue weighted by Gasteiger charge is 2.17. The average Bonchev–Trinajstić information content (AvgIpc) is 2.39. The third-order valence-electron chi connectivity index (χ3n) is 2.21. The lowest BCUT2D eigenvalue weighted by molar-refractivity contribution is -0.142. The lowest BCUT2D eigenvalue weighted by Gasteiger charge is -2.13.